The highest BCUT2D eigenvalue weighted by Crippen LogP contribution is 2.32. The van der Waals surface area contributed by atoms with Crippen molar-refractivity contribution in [2.24, 2.45) is 5.92 Å². The van der Waals surface area contributed by atoms with Crippen molar-refractivity contribution < 1.29 is 19.1 Å². The summed E-state index contributed by atoms with van der Waals surface area (Å²) in [5, 5.41) is 13.7. The quantitative estimate of drug-likeness (QED) is 0.779. The van der Waals surface area contributed by atoms with Gasteiger partial charge in [0, 0.05) is 6.54 Å². The lowest BCUT2D eigenvalue weighted by atomic mass is 9.79. The molecule has 0 aromatic carbocycles. The molecule has 0 unspecified atom stereocenters. The molecule has 0 spiro atoms. The van der Waals surface area contributed by atoms with Gasteiger partial charge in [-0.15, -0.1) is 0 Å². The Labute approximate surface area is 119 Å². The van der Waals surface area contributed by atoms with Gasteiger partial charge in [0.15, 0.2) is 0 Å². The van der Waals surface area contributed by atoms with Crippen molar-refractivity contribution in [2.45, 2.75) is 44.8 Å². The van der Waals surface area contributed by atoms with Crippen molar-refractivity contribution in [3.05, 3.63) is 24.2 Å². The highest BCUT2D eigenvalue weighted by molar-refractivity contribution is 5.72. The summed E-state index contributed by atoms with van der Waals surface area (Å²) >= 11 is 0. The fraction of sp³-hybridized carbons (Fsp3) is 0.667. The van der Waals surface area contributed by atoms with Crippen LogP contribution in [-0.2, 0) is 16.1 Å². The summed E-state index contributed by atoms with van der Waals surface area (Å²) in [7, 11) is 0. The number of nitrogens with one attached hydrogen (secondary N) is 1. The molecule has 0 saturated heterocycles. The smallest absolute Gasteiger partial charge is 0.308 e. The molecule has 1 saturated carbocycles. The highest BCUT2D eigenvalue weighted by Gasteiger charge is 2.35. The van der Waals surface area contributed by atoms with Crippen LogP contribution in [0, 0.1) is 5.92 Å². The zero-order valence-corrected chi connectivity index (χ0v) is 11.9. The maximum atomic E-state index is 11.6. The van der Waals surface area contributed by atoms with Crippen molar-refractivity contribution >= 4 is 5.97 Å². The topological polar surface area (TPSA) is 71.7 Å². The lowest BCUT2D eigenvalue weighted by molar-refractivity contribution is -0.151. The van der Waals surface area contributed by atoms with E-state index in [1.165, 1.54) is 0 Å². The first-order valence-electron chi connectivity index (χ1n) is 7.25. The van der Waals surface area contributed by atoms with Gasteiger partial charge in [0.2, 0.25) is 0 Å². The number of hydrogen-bond donors (Lipinski definition) is 2. The Hall–Kier alpha value is -1.33. The Bertz CT molecular complexity index is 408. The van der Waals surface area contributed by atoms with E-state index in [1.54, 1.807) is 6.26 Å². The number of carbonyl (C=O) groups is 1. The molecule has 20 heavy (non-hydrogen) atoms. The first kappa shape index (κ1) is 15.1. The van der Waals surface area contributed by atoms with E-state index in [0.717, 1.165) is 5.76 Å². The van der Waals surface area contributed by atoms with Crippen LogP contribution in [0.4, 0.5) is 0 Å². The van der Waals surface area contributed by atoms with E-state index in [9.17, 15) is 9.90 Å². The van der Waals surface area contributed by atoms with Crippen LogP contribution >= 0.6 is 0 Å². The minimum Gasteiger partial charge on any atom is -0.468 e. The van der Waals surface area contributed by atoms with E-state index in [2.05, 4.69) is 5.32 Å². The average molecular weight is 281 g/mol. The van der Waals surface area contributed by atoms with Gasteiger partial charge in [-0.05, 0) is 44.7 Å². The molecule has 1 aromatic rings. The van der Waals surface area contributed by atoms with E-state index in [1.807, 2.05) is 19.1 Å². The van der Waals surface area contributed by atoms with Gasteiger partial charge >= 0.3 is 5.97 Å². The van der Waals surface area contributed by atoms with E-state index < -0.39 is 5.60 Å². The standard InChI is InChI=1S/C15H23NO4/c1-2-19-14(17)12-5-7-15(18,8-6-12)11-16-10-13-4-3-9-20-13/h3-4,9,12,16,18H,2,5-8,10-11H2,1H3. The van der Waals surface area contributed by atoms with E-state index in [0.29, 0.717) is 45.4 Å². The minimum atomic E-state index is -0.727. The second kappa shape index (κ2) is 6.90. The molecule has 2 N–H and O–H groups in total. The van der Waals surface area contributed by atoms with Gasteiger partial charge in [0.05, 0.1) is 30.9 Å². The Kier molecular flexibility index (Phi) is 5.20. The van der Waals surface area contributed by atoms with Gasteiger partial charge in [0.25, 0.3) is 0 Å². The molecule has 0 atom stereocenters. The molecule has 0 amide bonds. The highest BCUT2D eigenvalue weighted by atomic mass is 16.5. The summed E-state index contributed by atoms with van der Waals surface area (Å²) in [6, 6.07) is 3.74. The van der Waals surface area contributed by atoms with Gasteiger partial charge in [0.1, 0.15) is 5.76 Å². The van der Waals surface area contributed by atoms with Crippen LogP contribution in [0.2, 0.25) is 0 Å². The lowest BCUT2D eigenvalue weighted by Gasteiger charge is -2.35. The zero-order chi connectivity index (χ0) is 14.4. The van der Waals surface area contributed by atoms with Crippen molar-refractivity contribution in [3.63, 3.8) is 0 Å². The fourth-order valence-electron chi connectivity index (χ4n) is 2.66. The molecular formula is C15H23NO4. The summed E-state index contributed by atoms with van der Waals surface area (Å²) in [6.07, 6.45) is 4.27. The molecule has 5 heteroatoms. The molecule has 0 aliphatic heterocycles. The normalized spacial score (nSPS) is 26.4. The van der Waals surface area contributed by atoms with Gasteiger partial charge in [-0.2, -0.15) is 0 Å². The van der Waals surface area contributed by atoms with Crippen LogP contribution in [0.15, 0.2) is 22.8 Å². The van der Waals surface area contributed by atoms with Gasteiger partial charge in [-0.1, -0.05) is 0 Å². The van der Waals surface area contributed by atoms with E-state index in [4.69, 9.17) is 9.15 Å². The third-order valence-electron chi connectivity index (χ3n) is 3.87. The molecule has 5 nitrogen and oxygen atoms in total. The monoisotopic (exact) mass is 281 g/mol. The van der Waals surface area contributed by atoms with Crippen LogP contribution in [0.25, 0.3) is 0 Å². The van der Waals surface area contributed by atoms with Crippen molar-refractivity contribution in [3.8, 4) is 0 Å². The molecule has 112 valence electrons. The van der Waals surface area contributed by atoms with Crippen LogP contribution in [0.3, 0.4) is 0 Å². The third-order valence-corrected chi connectivity index (χ3v) is 3.87. The zero-order valence-electron chi connectivity index (χ0n) is 11.9. The minimum absolute atomic E-state index is 0.0553. The molecule has 1 heterocycles. The molecule has 0 radical (unpaired) electrons. The van der Waals surface area contributed by atoms with Crippen molar-refractivity contribution in [2.75, 3.05) is 13.2 Å². The molecule has 1 fully saturated rings. The fourth-order valence-corrected chi connectivity index (χ4v) is 2.66. The lowest BCUT2D eigenvalue weighted by Crippen LogP contribution is -2.44. The summed E-state index contributed by atoms with van der Waals surface area (Å²) in [6.45, 7) is 3.36. The molecule has 2 rings (SSSR count). The van der Waals surface area contributed by atoms with Crippen molar-refractivity contribution in [1.29, 1.82) is 0 Å². The number of carbonyl (C=O) groups excluding carboxylic acids is 1. The summed E-state index contributed by atoms with van der Waals surface area (Å²) < 4.78 is 10.3. The van der Waals surface area contributed by atoms with E-state index in [-0.39, 0.29) is 11.9 Å². The Morgan fingerprint density at radius 3 is 2.90 bits per heavy atom. The Morgan fingerprint density at radius 1 is 1.55 bits per heavy atom. The first-order valence-corrected chi connectivity index (χ1v) is 7.25. The largest absolute Gasteiger partial charge is 0.468 e. The Balaban J connectivity index is 1.72. The number of hydrogen-bond acceptors (Lipinski definition) is 5. The summed E-state index contributed by atoms with van der Waals surface area (Å²) in [5.74, 6) is 0.673. The van der Waals surface area contributed by atoms with Crippen LogP contribution in [0.1, 0.15) is 38.4 Å². The number of esters is 1. The average Bonchev–Trinajstić information content (AvgIpc) is 2.93. The van der Waals surface area contributed by atoms with Gasteiger partial charge < -0.3 is 19.6 Å². The van der Waals surface area contributed by atoms with Gasteiger partial charge in [-0.25, -0.2) is 0 Å². The number of aliphatic hydroxyl groups is 1. The number of furan rings is 1. The van der Waals surface area contributed by atoms with E-state index >= 15 is 0 Å². The predicted octanol–water partition coefficient (Wildman–Crippen LogP) is 1.85. The number of ether oxygens (including phenoxy) is 1. The third kappa shape index (κ3) is 4.08. The predicted molar refractivity (Wildman–Crippen MR) is 74.0 cm³/mol. The molecule has 0 bridgehead atoms. The maximum absolute atomic E-state index is 11.6. The van der Waals surface area contributed by atoms with Crippen LogP contribution in [-0.4, -0.2) is 29.8 Å². The number of rotatable bonds is 6. The second-order valence-electron chi connectivity index (χ2n) is 5.43. The molecule has 1 aliphatic carbocycles. The first-order chi connectivity index (χ1) is 9.63. The molecular weight excluding hydrogens is 258 g/mol. The maximum Gasteiger partial charge on any atom is 0.308 e. The van der Waals surface area contributed by atoms with Crippen LogP contribution < -0.4 is 5.32 Å². The van der Waals surface area contributed by atoms with Crippen molar-refractivity contribution in [1.82, 2.24) is 5.32 Å². The summed E-state index contributed by atoms with van der Waals surface area (Å²) in [5.41, 5.74) is -0.727. The molecule has 1 aliphatic rings. The van der Waals surface area contributed by atoms with Gasteiger partial charge in [-0.3, -0.25) is 4.79 Å². The SMILES string of the molecule is CCOC(=O)C1CCC(O)(CNCc2ccco2)CC1. The second-order valence-corrected chi connectivity index (χ2v) is 5.43. The van der Waals surface area contributed by atoms with Crippen LogP contribution in [0.5, 0.6) is 0 Å². The Morgan fingerprint density at radius 2 is 2.30 bits per heavy atom. The summed E-state index contributed by atoms with van der Waals surface area (Å²) in [4.78, 5) is 11.6. The molecule has 1 aromatic heterocycles.